The molecule has 0 bridgehead atoms. The van der Waals surface area contributed by atoms with Gasteiger partial charge >= 0.3 is 0 Å². The summed E-state index contributed by atoms with van der Waals surface area (Å²) in [6, 6.07) is 19.6. The van der Waals surface area contributed by atoms with E-state index in [0.717, 1.165) is 12.0 Å². The second-order valence-corrected chi connectivity index (χ2v) is 7.82. The monoisotopic (exact) mass is 349 g/mol. The molecule has 2 aliphatic heterocycles. The molecule has 2 fully saturated rings. The summed E-state index contributed by atoms with van der Waals surface area (Å²) in [6.07, 6.45) is 0.937. The van der Waals surface area contributed by atoms with Crippen LogP contribution in [0.2, 0.25) is 0 Å². The lowest BCUT2D eigenvalue weighted by atomic mass is 9.84. The quantitative estimate of drug-likeness (QED) is 0.863. The lowest BCUT2D eigenvalue weighted by Gasteiger charge is -2.21. The molecule has 2 aromatic rings. The molecule has 0 unspecified atom stereocenters. The van der Waals surface area contributed by atoms with Crippen LogP contribution in [0.4, 0.5) is 5.69 Å². The minimum Gasteiger partial charge on any atom is -0.336 e. The molecule has 4 heteroatoms. The Bertz CT molecular complexity index is 803. The Morgan fingerprint density at radius 3 is 2.08 bits per heavy atom. The van der Waals surface area contributed by atoms with E-state index in [2.05, 4.69) is 31.3 Å². The maximum atomic E-state index is 13.3. The van der Waals surface area contributed by atoms with Crippen LogP contribution >= 0.6 is 0 Å². The molecule has 0 aromatic heterocycles. The molecule has 0 radical (unpaired) electrons. The van der Waals surface area contributed by atoms with Gasteiger partial charge in [0.15, 0.2) is 0 Å². The SMILES string of the molecule is CC(C)C[C@H]1[NH2+][C@@H](c2ccccc2)[C@H]2C(=O)N(c3ccccc3)C(=O)[C@H]21. The van der Waals surface area contributed by atoms with Gasteiger partial charge in [-0.1, -0.05) is 62.4 Å². The van der Waals surface area contributed by atoms with Crippen LogP contribution in [0.15, 0.2) is 60.7 Å². The van der Waals surface area contributed by atoms with Crippen molar-refractivity contribution in [2.24, 2.45) is 17.8 Å². The standard InChI is InChI=1S/C22H24N2O2/c1-14(2)13-17-18-19(20(23-17)15-9-5-3-6-10-15)22(26)24(21(18)25)16-11-7-4-8-12-16/h3-12,14,17-20,23H,13H2,1-2H3/p+1/t17-,18+,19+,20+/m1/s1. The minimum absolute atomic E-state index is 0.00936. The summed E-state index contributed by atoms with van der Waals surface area (Å²) in [5.74, 6) is -0.127. The van der Waals surface area contributed by atoms with Crippen LogP contribution in [0.3, 0.4) is 0 Å². The Labute approximate surface area is 154 Å². The second-order valence-electron chi connectivity index (χ2n) is 7.82. The first-order valence-electron chi connectivity index (χ1n) is 9.40. The molecule has 2 aliphatic rings. The van der Waals surface area contributed by atoms with E-state index < -0.39 is 0 Å². The van der Waals surface area contributed by atoms with Crippen LogP contribution < -0.4 is 10.2 Å². The number of nitrogens with zero attached hydrogens (tertiary/aromatic N) is 1. The van der Waals surface area contributed by atoms with Crippen LogP contribution in [0.5, 0.6) is 0 Å². The van der Waals surface area contributed by atoms with Gasteiger partial charge in [-0.2, -0.15) is 0 Å². The van der Waals surface area contributed by atoms with Crippen molar-refractivity contribution >= 4 is 17.5 Å². The number of para-hydroxylation sites is 1. The first-order chi connectivity index (χ1) is 12.6. The van der Waals surface area contributed by atoms with E-state index in [-0.39, 0.29) is 35.7 Å². The number of nitrogens with two attached hydrogens (primary N) is 1. The largest absolute Gasteiger partial charge is 0.336 e. The first kappa shape index (κ1) is 17.0. The lowest BCUT2D eigenvalue weighted by molar-refractivity contribution is -0.712. The van der Waals surface area contributed by atoms with Crippen molar-refractivity contribution in [3.63, 3.8) is 0 Å². The molecule has 134 valence electrons. The number of hydrogen-bond donors (Lipinski definition) is 1. The van der Waals surface area contributed by atoms with E-state index in [1.54, 1.807) is 0 Å². The number of carbonyl (C=O) groups excluding carboxylic acids is 2. The molecule has 0 saturated carbocycles. The maximum absolute atomic E-state index is 13.3. The number of anilines is 1. The van der Waals surface area contributed by atoms with Crippen molar-refractivity contribution in [3.05, 3.63) is 66.2 Å². The molecule has 2 heterocycles. The van der Waals surface area contributed by atoms with Crippen LogP contribution in [-0.4, -0.2) is 17.9 Å². The third kappa shape index (κ3) is 2.74. The summed E-state index contributed by atoms with van der Waals surface area (Å²) in [6.45, 7) is 4.35. The number of rotatable bonds is 4. The molecule has 0 spiro atoms. The van der Waals surface area contributed by atoms with Crippen molar-refractivity contribution < 1.29 is 14.9 Å². The zero-order chi connectivity index (χ0) is 18.3. The number of fused-ring (bicyclic) bond motifs is 1. The summed E-state index contributed by atoms with van der Waals surface area (Å²) >= 11 is 0. The van der Waals surface area contributed by atoms with Gasteiger partial charge in [-0.05, 0) is 18.1 Å². The Morgan fingerprint density at radius 2 is 1.46 bits per heavy atom. The van der Waals surface area contributed by atoms with Crippen LogP contribution in [0.1, 0.15) is 31.9 Å². The summed E-state index contributed by atoms with van der Waals surface area (Å²) in [7, 11) is 0. The predicted molar refractivity (Wildman–Crippen MR) is 100 cm³/mol. The predicted octanol–water partition coefficient (Wildman–Crippen LogP) is 2.53. The molecule has 4 atom stereocenters. The second kappa shape index (κ2) is 6.69. The number of quaternary nitrogens is 1. The van der Waals surface area contributed by atoms with Gasteiger partial charge in [-0.3, -0.25) is 9.59 Å². The number of amides is 2. The van der Waals surface area contributed by atoms with Gasteiger partial charge in [0, 0.05) is 12.0 Å². The highest BCUT2D eigenvalue weighted by molar-refractivity contribution is 6.22. The summed E-state index contributed by atoms with van der Waals surface area (Å²) in [4.78, 5) is 28.0. The molecule has 2 N–H and O–H groups in total. The van der Waals surface area contributed by atoms with Crippen LogP contribution in [0.25, 0.3) is 0 Å². The first-order valence-corrected chi connectivity index (χ1v) is 9.40. The smallest absolute Gasteiger partial charge is 0.244 e. The molecule has 4 rings (SSSR count). The van der Waals surface area contributed by atoms with Gasteiger partial charge in [0.05, 0.1) is 11.7 Å². The average molecular weight is 349 g/mol. The van der Waals surface area contributed by atoms with Gasteiger partial charge in [-0.15, -0.1) is 0 Å². The summed E-state index contributed by atoms with van der Waals surface area (Å²) < 4.78 is 0. The minimum atomic E-state index is -0.283. The average Bonchev–Trinajstić information content (AvgIpc) is 3.13. The van der Waals surface area contributed by atoms with Gasteiger partial charge in [0.2, 0.25) is 11.8 Å². The Morgan fingerprint density at radius 1 is 0.885 bits per heavy atom. The highest BCUT2D eigenvalue weighted by atomic mass is 16.2. The van der Waals surface area contributed by atoms with Crippen LogP contribution in [-0.2, 0) is 9.59 Å². The summed E-state index contributed by atoms with van der Waals surface area (Å²) in [5, 5.41) is 2.27. The number of imide groups is 1. The Balaban J connectivity index is 1.74. The Hall–Kier alpha value is -2.46. The molecule has 2 aromatic carbocycles. The van der Waals surface area contributed by atoms with Crippen molar-refractivity contribution in [1.29, 1.82) is 0 Å². The van der Waals surface area contributed by atoms with Crippen molar-refractivity contribution in [1.82, 2.24) is 0 Å². The molecule has 2 amide bonds. The maximum Gasteiger partial charge on any atom is 0.244 e. The topological polar surface area (TPSA) is 54.0 Å². The fourth-order valence-corrected chi connectivity index (χ4v) is 4.64. The highest BCUT2D eigenvalue weighted by Crippen LogP contribution is 2.42. The van der Waals surface area contributed by atoms with E-state index in [1.807, 2.05) is 48.5 Å². The number of hydrogen-bond acceptors (Lipinski definition) is 2. The lowest BCUT2D eigenvalue weighted by Crippen LogP contribution is -2.89. The van der Waals surface area contributed by atoms with Crippen molar-refractivity contribution in [2.45, 2.75) is 32.4 Å². The molecule has 26 heavy (non-hydrogen) atoms. The van der Waals surface area contributed by atoms with E-state index >= 15 is 0 Å². The molecule has 2 saturated heterocycles. The van der Waals surface area contributed by atoms with E-state index in [4.69, 9.17) is 0 Å². The van der Waals surface area contributed by atoms with Gasteiger partial charge < -0.3 is 5.32 Å². The van der Waals surface area contributed by atoms with E-state index in [0.29, 0.717) is 11.6 Å². The van der Waals surface area contributed by atoms with Crippen molar-refractivity contribution in [2.75, 3.05) is 4.90 Å². The fraction of sp³-hybridized carbons (Fsp3) is 0.364. The Kier molecular flexibility index (Phi) is 4.37. The number of benzene rings is 2. The zero-order valence-corrected chi connectivity index (χ0v) is 15.2. The van der Waals surface area contributed by atoms with Crippen LogP contribution in [0, 0.1) is 17.8 Å². The van der Waals surface area contributed by atoms with Gasteiger partial charge in [0.1, 0.15) is 17.9 Å². The van der Waals surface area contributed by atoms with E-state index in [9.17, 15) is 9.59 Å². The third-order valence-electron chi connectivity index (χ3n) is 5.64. The van der Waals surface area contributed by atoms with Crippen molar-refractivity contribution in [3.8, 4) is 0 Å². The third-order valence-corrected chi connectivity index (χ3v) is 5.64. The zero-order valence-electron chi connectivity index (χ0n) is 15.2. The normalized spacial score (nSPS) is 28.0. The molecular weight excluding hydrogens is 324 g/mol. The van der Waals surface area contributed by atoms with Gasteiger partial charge in [-0.25, -0.2) is 4.90 Å². The fourth-order valence-electron chi connectivity index (χ4n) is 4.64. The highest BCUT2D eigenvalue weighted by Gasteiger charge is 2.62. The van der Waals surface area contributed by atoms with Gasteiger partial charge in [0.25, 0.3) is 0 Å². The molecule has 4 nitrogen and oxygen atoms in total. The number of carbonyl (C=O) groups is 2. The molecular formula is C22H25N2O2+. The molecule has 0 aliphatic carbocycles. The van der Waals surface area contributed by atoms with E-state index in [1.165, 1.54) is 4.90 Å². The summed E-state index contributed by atoms with van der Waals surface area (Å²) in [5.41, 5.74) is 1.82.